The molecule has 1 aliphatic rings. The van der Waals surface area contributed by atoms with E-state index in [4.69, 9.17) is 0 Å². The van der Waals surface area contributed by atoms with Gasteiger partial charge in [-0.05, 0) is 78.9 Å². The van der Waals surface area contributed by atoms with Crippen molar-refractivity contribution in [2.45, 2.75) is 61.7 Å². The first-order valence-electron chi connectivity index (χ1n) is 13.9. The zero-order valence-electron chi connectivity index (χ0n) is 22.5. The van der Waals surface area contributed by atoms with Crippen LogP contribution in [0.15, 0.2) is 95.0 Å². The topological polar surface area (TPSA) is 29.0 Å². The molecule has 0 amide bonds. The van der Waals surface area contributed by atoms with Gasteiger partial charge in [-0.3, -0.25) is 0 Å². The van der Waals surface area contributed by atoms with Gasteiger partial charge in [0, 0.05) is 39.9 Å². The Kier molecular flexibility index (Phi) is 9.35. The number of pyridine rings is 2. The van der Waals surface area contributed by atoms with E-state index in [2.05, 4.69) is 81.9 Å². The van der Waals surface area contributed by atoms with Crippen molar-refractivity contribution in [3.63, 3.8) is 0 Å². The number of hydrogen-bond acceptors (Lipinski definition) is 4. The highest BCUT2D eigenvalue weighted by atomic mass is 32.2. The van der Waals surface area contributed by atoms with Gasteiger partial charge in [-0.1, -0.05) is 81.2 Å². The van der Waals surface area contributed by atoms with Gasteiger partial charge in [0.05, 0.1) is 11.4 Å². The van der Waals surface area contributed by atoms with Crippen molar-refractivity contribution in [2.24, 2.45) is 0 Å². The van der Waals surface area contributed by atoms with Gasteiger partial charge in [0.25, 0.3) is 0 Å². The molecular weight excluding hydrogens is 494 g/mol. The van der Waals surface area contributed by atoms with Crippen molar-refractivity contribution in [1.29, 1.82) is 0 Å². The molecule has 0 spiro atoms. The Morgan fingerprint density at radius 1 is 0.615 bits per heavy atom. The monoisotopic (exact) mass is 527 g/mol. The summed E-state index contributed by atoms with van der Waals surface area (Å²) in [6, 6.07) is 24.8. The third-order valence-electron chi connectivity index (χ3n) is 6.71. The molecule has 0 fully saturated rings. The van der Waals surface area contributed by atoms with Gasteiger partial charge < -0.3 is 4.90 Å². The van der Waals surface area contributed by atoms with Gasteiger partial charge in [-0.15, -0.1) is 0 Å². The summed E-state index contributed by atoms with van der Waals surface area (Å²) in [5, 5.41) is 0. The maximum Gasteiger partial charge on any atom is 0.113 e. The van der Waals surface area contributed by atoms with Crippen molar-refractivity contribution in [3.8, 4) is 23.7 Å². The van der Waals surface area contributed by atoms with Crippen molar-refractivity contribution < 1.29 is 0 Å². The lowest BCUT2D eigenvalue weighted by molar-refractivity contribution is 0.590. The number of nitrogens with zero attached hydrogens (tertiary/aromatic N) is 3. The second-order valence-corrected chi connectivity index (χ2v) is 10.8. The van der Waals surface area contributed by atoms with Crippen LogP contribution in [0.5, 0.6) is 0 Å². The lowest BCUT2D eigenvalue weighted by Gasteiger charge is -2.33. The smallest absolute Gasteiger partial charge is 0.113 e. The molecule has 194 valence electrons. The highest BCUT2D eigenvalue weighted by Crippen LogP contribution is 2.48. The number of anilines is 2. The Labute approximate surface area is 237 Å². The fraction of sp³-hybridized carbons (Fsp3) is 0.257. The second kappa shape index (κ2) is 13.7. The average Bonchev–Trinajstić information content (AvgIpc) is 2.99. The molecule has 0 bridgehead atoms. The van der Waals surface area contributed by atoms with Gasteiger partial charge in [0.15, 0.2) is 0 Å². The molecule has 1 aliphatic heterocycles. The first-order chi connectivity index (χ1) is 19.3. The minimum absolute atomic E-state index is 0.782. The fourth-order valence-corrected chi connectivity index (χ4v) is 5.83. The zero-order valence-corrected chi connectivity index (χ0v) is 23.3. The van der Waals surface area contributed by atoms with Gasteiger partial charge in [0.1, 0.15) is 11.4 Å². The van der Waals surface area contributed by atoms with E-state index in [0.717, 1.165) is 29.1 Å². The van der Waals surface area contributed by atoms with Crippen LogP contribution in [-0.2, 0) is 0 Å². The highest BCUT2D eigenvalue weighted by Gasteiger charge is 2.23. The van der Waals surface area contributed by atoms with Crippen LogP contribution in [0.1, 0.15) is 74.4 Å². The van der Waals surface area contributed by atoms with E-state index < -0.39 is 0 Å². The second-order valence-electron chi connectivity index (χ2n) is 9.67. The van der Waals surface area contributed by atoms with Crippen LogP contribution in [-0.4, -0.2) is 16.5 Å². The van der Waals surface area contributed by atoms with Crippen molar-refractivity contribution in [1.82, 2.24) is 9.97 Å². The Hall–Kier alpha value is -3.99. The molecule has 2 aromatic heterocycles. The van der Waals surface area contributed by atoms with Gasteiger partial charge >= 0.3 is 0 Å². The first kappa shape index (κ1) is 26.6. The van der Waals surface area contributed by atoms with Crippen molar-refractivity contribution in [2.75, 3.05) is 11.4 Å². The largest absolute Gasteiger partial charge is 0.340 e. The lowest BCUT2D eigenvalue weighted by Crippen LogP contribution is -2.22. The summed E-state index contributed by atoms with van der Waals surface area (Å²) >= 11 is 1.80. The molecule has 39 heavy (non-hydrogen) atoms. The fourth-order valence-electron chi connectivity index (χ4n) is 4.66. The number of hydrogen-bond donors (Lipinski definition) is 0. The molecular formula is C35H33N3S. The van der Waals surface area contributed by atoms with Gasteiger partial charge in [0.2, 0.25) is 0 Å². The Balaban J connectivity index is 1.39. The maximum absolute atomic E-state index is 4.33. The number of fused-ring (bicyclic) bond motifs is 2. The molecule has 0 saturated heterocycles. The number of unbranched alkanes of at least 4 members (excludes halogenated alkanes) is 6. The van der Waals surface area contributed by atoms with Crippen LogP contribution in [0.3, 0.4) is 0 Å². The van der Waals surface area contributed by atoms with Crippen molar-refractivity contribution in [3.05, 3.63) is 108 Å². The normalized spacial score (nSPS) is 11.5. The predicted molar refractivity (Wildman–Crippen MR) is 162 cm³/mol. The van der Waals surface area contributed by atoms with Crippen LogP contribution in [0.4, 0.5) is 11.4 Å². The maximum atomic E-state index is 4.33. The molecule has 0 aliphatic carbocycles. The molecule has 0 unspecified atom stereocenters. The Morgan fingerprint density at radius 3 is 1.67 bits per heavy atom. The summed E-state index contributed by atoms with van der Waals surface area (Å²) in [7, 11) is 0. The average molecular weight is 528 g/mol. The highest BCUT2D eigenvalue weighted by molar-refractivity contribution is 7.99. The molecule has 2 aromatic carbocycles. The van der Waals surface area contributed by atoms with Gasteiger partial charge in [-0.25, -0.2) is 9.97 Å². The summed E-state index contributed by atoms with van der Waals surface area (Å²) in [6.45, 7) is 3.28. The number of benzene rings is 2. The van der Waals surface area contributed by atoms with Crippen LogP contribution < -0.4 is 4.90 Å². The van der Waals surface area contributed by atoms with E-state index in [-0.39, 0.29) is 0 Å². The molecule has 3 nitrogen and oxygen atoms in total. The number of aromatic nitrogens is 2. The molecule has 0 radical (unpaired) electrons. The van der Waals surface area contributed by atoms with Crippen LogP contribution in [0.25, 0.3) is 0 Å². The molecule has 4 heteroatoms. The van der Waals surface area contributed by atoms with E-state index in [1.54, 1.807) is 24.2 Å². The molecule has 0 saturated carbocycles. The van der Waals surface area contributed by atoms with Crippen molar-refractivity contribution >= 4 is 23.1 Å². The molecule has 0 atom stereocenters. The minimum Gasteiger partial charge on any atom is -0.340 e. The summed E-state index contributed by atoms with van der Waals surface area (Å²) in [5.74, 6) is 13.0. The summed E-state index contributed by atoms with van der Waals surface area (Å²) in [5.41, 5.74) is 6.08. The van der Waals surface area contributed by atoms with E-state index in [1.807, 2.05) is 36.4 Å². The van der Waals surface area contributed by atoms with Crippen LogP contribution >= 0.6 is 11.8 Å². The van der Waals surface area contributed by atoms with E-state index in [1.165, 1.54) is 66.1 Å². The molecule has 4 aromatic rings. The summed E-state index contributed by atoms with van der Waals surface area (Å²) in [4.78, 5) is 13.6. The third kappa shape index (κ3) is 7.32. The first-order valence-corrected chi connectivity index (χ1v) is 14.7. The Bertz CT molecular complexity index is 1400. The van der Waals surface area contributed by atoms with E-state index >= 15 is 0 Å². The standard InChI is InChI=1S/C35H33N3S/c1-2-3-4-5-6-7-12-25-38-32-21-17-28(15-19-30-13-8-10-23-36-30)26-34(32)39-35-27-29(18-22-33(35)38)16-20-31-14-9-11-24-37-31/h8-11,13-14,17-18,21-24,26-27H,2-7,12,25H2,1H3. The SMILES string of the molecule is CCCCCCCCCN1c2ccc(C#Cc3ccccn3)cc2Sc2cc(C#Cc3ccccn3)ccc21. The predicted octanol–water partition coefficient (Wildman–Crippen LogP) is 8.63. The number of rotatable bonds is 8. The van der Waals surface area contributed by atoms with Crippen LogP contribution in [0.2, 0.25) is 0 Å². The minimum atomic E-state index is 0.782. The Morgan fingerprint density at radius 2 is 1.15 bits per heavy atom. The molecule has 5 rings (SSSR count). The molecule has 0 N–H and O–H groups in total. The zero-order chi connectivity index (χ0) is 26.7. The van der Waals surface area contributed by atoms with Crippen LogP contribution in [0, 0.1) is 23.7 Å². The van der Waals surface area contributed by atoms with Gasteiger partial charge in [-0.2, -0.15) is 0 Å². The molecule has 3 heterocycles. The van der Waals surface area contributed by atoms with E-state index in [9.17, 15) is 0 Å². The summed E-state index contributed by atoms with van der Waals surface area (Å²) < 4.78 is 0. The van der Waals surface area contributed by atoms with E-state index in [0.29, 0.717) is 0 Å². The lowest BCUT2D eigenvalue weighted by atomic mass is 10.1. The summed E-state index contributed by atoms with van der Waals surface area (Å²) in [6.07, 6.45) is 12.6. The third-order valence-corrected chi connectivity index (χ3v) is 7.80. The quantitative estimate of drug-likeness (QED) is 0.169.